The Morgan fingerprint density at radius 3 is 2.28 bits per heavy atom. The highest BCUT2D eigenvalue weighted by Gasteiger charge is 2.25. The van der Waals surface area contributed by atoms with Gasteiger partial charge in [-0.3, -0.25) is 0 Å². The molecule has 1 aromatic carbocycles. The standard InChI is InChI=1S/C13H18O4S/c1-4-10(5-2)18(16,17)11-7-6-9(3)12(8-11)13(14)15/h6-8,10H,4-5H2,1-3H3,(H,14,15). The first-order valence-corrected chi connectivity index (χ1v) is 7.47. The van der Waals surface area contributed by atoms with Crippen molar-refractivity contribution >= 4 is 15.8 Å². The van der Waals surface area contributed by atoms with Gasteiger partial charge < -0.3 is 5.11 Å². The Labute approximate surface area is 108 Å². The van der Waals surface area contributed by atoms with Crippen LogP contribution in [0.15, 0.2) is 23.1 Å². The van der Waals surface area contributed by atoms with E-state index in [4.69, 9.17) is 5.11 Å². The van der Waals surface area contributed by atoms with E-state index in [-0.39, 0.29) is 10.5 Å². The van der Waals surface area contributed by atoms with Gasteiger partial charge in [0.2, 0.25) is 0 Å². The molecule has 1 rings (SSSR count). The fraction of sp³-hybridized carbons (Fsp3) is 0.462. The SMILES string of the molecule is CCC(CC)S(=O)(=O)c1ccc(C)c(C(=O)O)c1. The molecular weight excluding hydrogens is 252 g/mol. The van der Waals surface area contributed by atoms with Gasteiger partial charge in [0, 0.05) is 0 Å². The van der Waals surface area contributed by atoms with Crippen molar-refractivity contribution in [3.63, 3.8) is 0 Å². The number of benzene rings is 1. The van der Waals surface area contributed by atoms with Gasteiger partial charge in [0.1, 0.15) is 0 Å². The second kappa shape index (κ2) is 5.52. The number of aryl methyl sites for hydroxylation is 1. The number of hydrogen-bond acceptors (Lipinski definition) is 3. The van der Waals surface area contributed by atoms with E-state index in [9.17, 15) is 13.2 Å². The number of sulfone groups is 1. The minimum atomic E-state index is -3.44. The van der Waals surface area contributed by atoms with E-state index in [1.54, 1.807) is 13.0 Å². The Bertz CT molecular complexity index is 542. The quantitative estimate of drug-likeness (QED) is 0.892. The number of hydrogen-bond donors (Lipinski definition) is 1. The topological polar surface area (TPSA) is 71.4 Å². The third kappa shape index (κ3) is 2.72. The average molecular weight is 270 g/mol. The van der Waals surface area contributed by atoms with E-state index in [0.29, 0.717) is 18.4 Å². The van der Waals surface area contributed by atoms with Crippen LogP contribution in [0.3, 0.4) is 0 Å². The Balaban J connectivity index is 3.34. The molecule has 0 aliphatic rings. The molecule has 0 heterocycles. The average Bonchev–Trinajstić information content (AvgIpc) is 2.30. The van der Waals surface area contributed by atoms with E-state index in [1.807, 2.05) is 13.8 Å². The first-order chi connectivity index (χ1) is 8.34. The van der Waals surface area contributed by atoms with Crippen molar-refractivity contribution in [1.29, 1.82) is 0 Å². The number of carbonyl (C=O) groups is 1. The lowest BCUT2D eigenvalue weighted by atomic mass is 10.1. The molecule has 0 aliphatic heterocycles. The van der Waals surface area contributed by atoms with Gasteiger partial charge in [0.25, 0.3) is 0 Å². The lowest BCUT2D eigenvalue weighted by Crippen LogP contribution is -2.20. The summed E-state index contributed by atoms with van der Waals surface area (Å²) in [6.07, 6.45) is 1.05. The summed E-state index contributed by atoms with van der Waals surface area (Å²) < 4.78 is 24.6. The van der Waals surface area contributed by atoms with Gasteiger partial charge >= 0.3 is 5.97 Å². The van der Waals surface area contributed by atoms with E-state index < -0.39 is 21.1 Å². The van der Waals surface area contributed by atoms with E-state index in [0.717, 1.165) is 0 Å². The molecule has 0 saturated carbocycles. The molecule has 0 bridgehead atoms. The maximum absolute atomic E-state index is 12.3. The zero-order chi connectivity index (χ0) is 13.9. The Morgan fingerprint density at radius 1 is 1.28 bits per heavy atom. The first-order valence-electron chi connectivity index (χ1n) is 5.92. The highest BCUT2D eigenvalue weighted by Crippen LogP contribution is 2.23. The van der Waals surface area contributed by atoms with Gasteiger partial charge in [-0.25, -0.2) is 13.2 Å². The lowest BCUT2D eigenvalue weighted by Gasteiger charge is -2.14. The summed E-state index contributed by atoms with van der Waals surface area (Å²) in [5.41, 5.74) is 0.605. The van der Waals surface area contributed by atoms with Crippen LogP contribution in [0.2, 0.25) is 0 Å². The number of carboxylic acid groups (broad SMARTS) is 1. The van der Waals surface area contributed by atoms with Crippen LogP contribution in [0.25, 0.3) is 0 Å². The van der Waals surface area contributed by atoms with Crippen molar-refractivity contribution in [3.8, 4) is 0 Å². The number of rotatable bonds is 5. The van der Waals surface area contributed by atoms with Gasteiger partial charge in [-0.1, -0.05) is 19.9 Å². The fourth-order valence-electron chi connectivity index (χ4n) is 1.93. The lowest BCUT2D eigenvalue weighted by molar-refractivity contribution is 0.0696. The Hall–Kier alpha value is -1.36. The van der Waals surface area contributed by atoms with Crippen LogP contribution >= 0.6 is 0 Å². The third-order valence-corrected chi connectivity index (χ3v) is 5.57. The van der Waals surface area contributed by atoms with Gasteiger partial charge in [-0.05, 0) is 37.5 Å². The first kappa shape index (κ1) is 14.7. The molecule has 1 aromatic rings. The maximum Gasteiger partial charge on any atom is 0.335 e. The molecule has 0 radical (unpaired) electrons. The summed E-state index contributed by atoms with van der Waals surface area (Å²) in [7, 11) is -3.44. The van der Waals surface area contributed by atoms with Crippen molar-refractivity contribution in [2.75, 3.05) is 0 Å². The summed E-state index contributed by atoms with van der Waals surface area (Å²) in [6, 6.07) is 4.28. The van der Waals surface area contributed by atoms with Crippen molar-refractivity contribution in [2.45, 2.75) is 43.8 Å². The normalized spacial score (nSPS) is 11.8. The van der Waals surface area contributed by atoms with Gasteiger partial charge in [0.05, 0.1) is 15.7 Å². The molecule has 18 heavy (non-hydrogen) atoms. The maximum atomic E-state index is 12.3. The van der Waals surface area contributed by atoms with E-state index in [2.05, 4.69) is 0 Å². The highest BCUT2D eigenvalue weighted by molar-refractivity contribution is 7.92. The van der Waals surface area contributed by atoms with Crippen LogP contribution in [0, 0.1) is 6.92 Å². The van der Waals surface area contributed by atoms with Gasteiger partial charge in [0.15, 0.2) is 9.84 Å². The molecule has 0 saturated heterocycles. The van der Waals surface area contributed by atoms with Crippen molar-refractivity contribution in [3.05, 3.63) is 29.3 Å². The van der Waals surface area contributed by atoms with Gasteiger partial charge in [-0.15, -0.1) is 0 Å². The second-order valence-electron chi connectivity index (χ2n) is 4.27. The molecule has 0 aliphatic carbocycles. The van der Waals surface area contributed by atoms with Crippen molar-refractivity contribution < 1.29 is 18.3 Å². The number of carboxylic acids is 1. The fourth-order valence-corrected chi connectivity index (χ4v) is 3.73. The molecule has 0 unspecified atom stereocenters. The molecule has 100 valence electrons. The molecule has 4 nitrogen and oxygen atoms in total. The predicted octanol–water partition coefficient (Wildman–Crippen LogP) is 2.66. The summed E-state index contributed by atoms with van der Waals surface area (Å²) in [5, 5.41) is 8.56. The molecular formula is C13H18O4S. The Kier molecular flexibility index (Phi) is 4.51. The summed E-state index contributed by atoms with van der Waals surface area (Å²) in [6.45, 7) is 5.28. The number of aromatic carboxylic acids is 1. The van der Waals surface area contributed by atoms with Crippen molar-refractivity contribution in [1.82, 2.24) is 0 Å². The van der Waals surface area contributed by atoms with Crippen LogP contribution in [0.5, 0.6) is 0 Å². The summed E-state index contributed by atoms with van der Waals surface area (Å²) in [4.78, 5) is 11.1. The Morgan fingerprint density at radius 2 is 1.83 bits per heavy atom. The molecule has 0 amide bonds. The van der Waals surface area contributed by atoms with Crippen LogP contribution in [0.1, 0.15) is 42.6 Å². The van der Waals surface area contributed by atoms with Gasteiger partial charge in [-0.2, -0.15) is 0 Å². The molecule has 0 atom stereocenters. The molecule has 5 heteroatoms. The van der Waals surface area contributed by atoms with Crippen LogP contribution in [0.4, 0.5) is 0 Å². The zero-order valence-corrected chi connectivity index (χ0v) is 11.6. The summed E-state index contributed by atoms with van der Waals surface area (Å²) in [5.74, 6) is -1.10. The van der Waals surface area contributed by atoms with Crippen LogP contribution in [-0.2, 0) is 9.84 Å². The monoisotopic (exact) mass is 270 g/mol. The molecule has 1 N–H and O–H groups in total. The highest BCUT2D eigenvalue weighted by atomic mass is 32.2. The van der Waals surface area contributed by atoms with E-state index >= 15 is 0 Å². The van der Waals surface area contributed by atoms with Crippen molar-refractivity contribution in [2.24, 2.45) is 0 Å². The molecule has 0 aromatic heterocycles. The van der Waals surface area contributed by atoms with E-state index in [1.165, 1.54) is 12.1 Å². The largest absolute Gasteiger partial charge is 0.478 e. The third-order valence-electron chi connectivity index (χ3n) is 3.12. The zero-order valence-electron chi connectivity index (χ0n) is 10.8. The molecule has 0 spiro atoms. The smallest absolute Gasteiger partial charge is 0.335 e. The van der Waals surface area contributed by atoms with Crippen LogP contribution in [-0.4, -0.2) is 24.7 Å². The minimum Gasteiger partial charge on any atom is -0.478 e. The minimum absolute atomic E-state index is 0.0435. The molecule has 0 fully saturated rings. The van der Waals surface area contributed by atoms with Crippen LogP contribution < -0.4 is 0 Å². The summed E-state index contributed by atoms with van der Waals surface area (Å²) >= 11 is 0. The predicted molar refractivity (Wildman–Crippen MR) is 69.7 cm³/mol. The second-order valence-corrected chi connectivity index (χ2v) is 6.49.